The Bertz CT molecular complexity index is 536. The molecule has 114 valence electrons. The molecule has 1 atom stereocenters. The van der Waals surface area contributed by atoms with E-state index in [2.05, 4.69) is 49.5 Å². The van der Waals surface area contributed by atoms with Crippen molar-refractivity contribution >= 4 is 34.7 Å². The zero-order chi connectivity index (χ0) is 15.1. The number of hydrogen-bond acceptors (Lipinski definition) is 3. The monoisotopic (exact) mass is 339 g/mol. The molecule has 21 heavy (non-hydrogen) atoms. The molecule has 2 aromatic rings. The third kappa shape index (κ3) is 6.03. The summed E-state index contributed by atoms with van der Waals surface area (Å²) < 4.78 is 0.880. The van der Waals surface area contributed by atoms with Gasteiger partial charge in [-0.2, -0.15) is 0 Å². The number of benzene rings is 1. The van der Waals surface area contributed by atoms with Crippen LogP contribution in [-0.4, -0.2) is 18.3 Å². The second-order valence-electron chi connectivity index (χ2n) is 5.19. The summed E-state index contributed by atoms with van der Waals surface area (Å²) in [5.74, 6) is 1.08. The van der Waals surface area contributed by atoms with Gasteiger partial charge in [0.05, 0.1) is 4.34 Å². The Hall–Kier alpha value is -0.480. The van der Waals surface area contributed by atoms with Crippen molar-refractivity contribution in [2.75, 3.05) is 12.3 Å². The predicted octanol–water partition coefficient (Wildman–Crippen LogP) is 5.41. The van der Waals surface area contributed by atoms with E-state index in [1.54, 1.807) is 11.3 Å². The summed E-state index contributed by atoms with van der Waals surface area (Å²) in [6.45, 7) is 5.40. The summed E-state index contributed by atoms with van der Waals surface area (Å²) in [5, 5.41) is 3.65. The molecule has 0 aliphatic heterocycles. The largest absolute Gasteiger partial charge is 0.313 e. The lowest BCUT2D eigenvalue weighted by molar-refractivity contribution is 0.553. The summed E-state index contributed by atoms with van der Waals surface area (Å²) >= 11 is 9.64. The van der Waals surface area contributed by atoms with E-state index in [0.717, 1.165) is 29.5 Å². The Morgan fingerprint density at radius 3 is 2.57 bits per heavy atom. The van der Waals surface area contributed by atoms with Gasteiger partial charge in [0.15, 0.2) is 0 Å². The maximum absolute atomic E-state index is 6.03. The van der Waals surface area contributed by atoms with Gasteiger partial charge in [0, 0.05) is 21.6 Å². The van der Waals surface area contributed by atoms with Gasteiger partial charge in [0.1, 0.15) is 0 Å². The minimum atomic E-state index is 0.492. The molecule has 0 fully saturated rings. The number of aryl methyl sites for hydroxylation is 1. The fraction of sp³-hybridized carbons (Fsp3) is 0.412. The van der Waals surface area contributed by atoms with Crippen LogP contribution >= 0.6 is 34.7 Å². The van der Waals surface area contributed by atoms with Crippen molar-refractivity contribution in [3.8, 4) is 0 Å². The zero-order valence-electron chi connectivity index (χ0n) is 12.6. The fourth-order valence-electron chi connectivity index (χ4n) is 2.07. The second-order valence-corrected chi connectivity index (χ2v) is 8.08. The molecule has 2 rings (SSSR count). The van der Waals surface area contributed by atoms with Gasteiger partial charge in [0.25, 0.3) is 0 Å². The summed E-state index contributed by atoms with van der Waals surface area (Å²) in [5.41, 5.74) is 1.31. The molecule has 1 heterocycles. The summed E-state index contributed by atoms with van der Waals surface area (Å²) in [6, 6.07) is 13.4. The van der Waals surface area contributed by atoms with Crippen LogP contribution in [0, 0.1) is 6.92 Å². The van der Waals surface area contributed by atoms with E-state index in [9.17, 15) is 0 Å². The van der Waals surface area contributed by atoms with E-state index in [4.69, 9.17) is 11.6 Å². The highest BCUT2D eigenvalue weighted by molar-refractivity contribution is 7.99. The third-order valence-electron chi connectivity index (χ3n) is 3.23. The van der Waals surface area contributed by atoms with Crippen LogP contribution in [-0.2, 0) is 6.42 Å². The summed E-state index contributed by atoms with van der Waals surface area (Å²) in [6.07, 6.45) is 2.22. The minimum Gasteiger partial charge on any atom is -0.313 e. The number of thioether (sulfide) groups is 1. The number of thiophene rings is 1. The normalized spacial score (nSPS) is 12.5. The Morgan fingerprint density at radius 2 is 1.95 bits per heavy atom. The van der Waals surface area contributed by atoms with Crippen molar-refractivity contribution < 1.29 is 0 Å². The first-order valence-corrected chi connectivity index (χ1v) is 9.52. The van der Waals surface area contributed by atoms with Crippen LogP contribution < -0.4 is 5.32 Å². The number of hydrogen-bond donors (Lipinski definition) is 1. The molecule has 0 saturated carbocycles. The first-order chi connectivity index (χ1) is 10.2. The van der Waals surface area contributed by atoms with Crippen molar-refractivity contribution in [3.63, 3.8) is 0 Å². The summed E-state index contributed by atoms with van der Waals surface area (Å²) in [4.78, 5) is 2.70. The molecule has 0 spiro atoms. The quantitative estimate of drug-likeness (QED) is 0.645. The van der Waals surface area contributed by atoms with Gasteiger partial charge >= 0.3 is 0 Å². The van der Waals surface area contributed by atoms with E-state index in [1.165, 1.54) is 15.3 Å². The molecule has 1 unspecified atom stereocenters. The molecule has 0 amide bonds. The number of nitrogens with one attached hydrogen (secondary N) is 1. The molecule has 1 nitrogen and oxygen atoms in total. The molecule has 1 N–H and O–H groups in total. The molecule has 1 aromatic heterocycles. The van der Waals surface area contributed by atoms with Crippen LogP contribution in [0.4, 0.5) is 0 Å². The lowest BCUT2D eigenvalue weighted by atomic mass is 10.2. The van der Waals surface area contributed by atoms with Gasteiger partial charge in [0.2, 0.25) is 0 Å². The lowest BCUT2D eigenvalue weighted by Crippen LogP contribution is -2.33. The van der Waals surface area contributed by atoms with Crippen LogP contribution in [0.5, 0.6) is 0 Å². The van der Waals surface area contributed by atoms with Crippen molar-refractivity contribution in [1.29, 1.82) is 0 Å². The topological polar surface area (TPSA) is 12.0 Å². The average Bonchev–Trinajstić information content (AvgIpc) is 2.89. The molecular weight excluding hydrogens is 318 g/mol. The average molecular weight is 340 g/mol. The van der Waals surface area contributed by atoms with Crippen LogP contribution in [0.2, 0.25) is 4.34 Å². The highest BCUT2D eigenvalue weighted by Gasteiger charge is 2.11. The van der Waals surface area contributed by atoms with Crippen LogP contribution in [0.3, 0.4) is 0 Å². The van der Waals surface area contributed by atoms with Crippen molar-refractivity contribution in [2.24, 2.45) is 0 Å². The lowest BCUT2D eigenvalue weighted by Gasteiger charge is -2.17. The van der Waals surface area contributed by atoms with Gasteiger partial charge in [-0.25, -0.2) is 0 Å². The van der Waals surface area contributed by atoms with E-state index < -0.39 is 0 Å². The van der Waals surface area contributed by atoms with Crippen LogP contribution in [0.1, 0.15) is 23.8 Å². The van der Waals surface area contributed by atoms with Crippen LogP contribution in [0.15, 0.2) is 41.3 Å². The molecule has 1 aromatic carbocycles. The third-order valence-corrected chi connectivity index (χ3v) is 5.66. The maximum Gasteiger partial charge on any atom is 0.0931 e. The van der Waals surface area contributed by atoms with Gasteiger partial charge in [-0.1, -0.05) is 36.2 Å². The molecule has 0 aliphatic rings. The number of rotatable bonds is 8. The van der Waals surface area contributed by atoms with Crippen LogP contribution in [0.25, 0.3) is 0 Å². The van der Waals surface area contributed by atoms with E-state index in [1.807, 2.05) is 17.8 Å². The molecule has 4 heteroatoms. The van der Waals surface area contributed by atoms with Gasteiger partial charge in [-0.15, -0.1) is 23.1 Å². The maximum atomic E-state index is 6.03. The van der Waals surface area contributed by atoms with Gasteiger partial charge < -0.3 is 5.32 Å². The van der Waals surface area contributed by atoms with Crippen molar-refractivity contribution in [2.45, 2.75) is 37.6 Å². The summed E-state index contributed by atoms with van der Waals surface area (Å²) in [7, 11) is 0. The van der Waals surface area contributed by atoms with E-state index in [0.29, 0.717) is 6.04 Å². The Labute approximate surface area is 141 Å². The molecule has 0 radical (unpaired) electrons. The zero-order valence-corrected chi connectivity index (χ0v) is 15.0. The van der Waals surface area contributed by atoms with Gasteiger partial charge in [-0.05, 0) is 50.6 Å². The SMILES string of the molecule is CCCNC(CSc1ccc(C)cc1)Cc1ccc(Cl)s1. The molecular formula is C17H22ClNS2. The van der Waals surface area contributed by atoms with Gasteiger partial charge in [-0.3, -0.25) is 0 Å². The highest BCUT2D eigenvalue weighted by Crippen LogP contribution is 2.25. The van der Waals surface area contributed by atoms with Crippen molar-refractivity contribution in [3.05, 3.63) is 51.2 Å². The highest BCUT2D eigenvalue weighted by atomic mass is 35.5. The van der Waals surface area contributed by atoms with Crippen molar-refractivity contribution in [1.82, 2.24) is 5.32 Å². The first-order valence-electron chi connectivity index (χ1n) is 7.34. The van der Waals surface area contributed by atoms with E-state index >= 15 is 0 Å². The second kappa shape index (κ2) is 8.84. The Balaban J connectivity index is 1.90. The number of halogens is 1. The fourth-order valence-corrected chi connectivity index (χ4v) is 4.20. The predicted molar refractivity (Wildman–Crippen MR) is 97.0 cm³/mol. The Morgan fingerprint density at radius 1 is 1.19 bits per heavy atom. The Kier molecular flexibility index (Phi) is 7.11. The molecule has 0 bridgehead atoms. The molecule has 0 saturated heterocycles. The molecule has 0 aliphatic carbocycles. The standard InChI is InChI=1S/C17H22ClNS2/c1-3-10-19-14(11-16-8-9-17(18)21-16)12-20-15-6-4-13(2)5-7-15/h4-9,14,19H,3,10-12H2,1-2H3. The minimum absolute atomic E-state index is 0.492. The first kappa shape index (κ1) is 16.9. The van der Waals surface area contributed by atoms with E-state index in [-0.39, 0.29) is 0 Å². The smallest absolute Gasteiger partial charge is 0.0931 e.